The molecule has 0 radical (unpaired) electrons. The molecule has 2 aliphatic rings. The van der Waals surface area contributed by atoms with E-state index in [9.17, 15) is 35.9 Å². The first kappa shape index (κ1) is 39.1. The molecule has 0 aromatic rings. The summed E-state index contributed by atoms with van der Waals surface area (Å²) in [5.41, 5.74) is -2.29. The normalized spacial score (nSPS) is 16.9. The van der Waals surface area contributed by atoms with Crippen LogP contribution in [-0.2, 0) is 9.59 Å². The monoisotopic (exact) mass is 569 g/mol. The van der Waals surface area contributed by atoms with Crippen molar-refractivity contribution < 1.29 is 35.9 Å². The summed E-state index contributed by atoms with van der Waals surface area (Å²) in [4.78, 5) is 25.6. The van der Waals surface area contributed by atoms with Crippen LogP contribution in [0, 0.1) is 11.8 Å². The Bertz CT molecular complexity index is 801. The van der Waals surface area contributed by atoms with E-state index in [0.29, 0.717) is 18.2 Å². The molecule has 9 heteroatoms. The van der Waals surface area contributed by atoms with Crippen LogP contribution in [0.2, 0.25) is 0 Å². The number of piperidine rings is 1. The number of hydrogen-bond donors (Lipinski definition) is 0. The van der Waals surface area contributed by atoms with Gasteiger partial charge in [-0.2, -0.15) is 26.3 Å². The van der Waals surface area contributed by atoms with E-state index in [1.165, 1.54) is 6.92 Å². The van der Waals surface area contributed by atoms with Gasteiger partial charge in [0.1, 0.15) is 5.78 Å². The van der Waals surface area contributed by atoms with E-state index in [1.54, 1.807) is 6.92 Å². The highest BCUT2D eigenvalue weighted by molar-refractivity contribution is 5.79. The van der Waals surface area contributed by atoms with E-state index in [1.807, 2.05) is 32.6 Å². The molecular weight excluding hydrogens is 520 g/mol. The Morgan fingerprint density at radius 3 is 1.85 bits per heavy atom. The molecule has 1 heterocycles. The second-order valence-electron chi connectivity index (χ2n) is 9.37. The van der Waals surface area contributed by atoms with E-state index >= 15 is 0 Å². The lowest BCUT2D eigenvalue weighted by Crippen LogP contribution is -2.42. The van der Waals surface area contributed by atoms with Crippen molar-refractivity contribution >= 4 is 11.7 Å². The van der Waals surface area contributed by atoms with Gasteiger partial charge in [0, 0.05) is 25.4 Å². The molecule has 1 fully saturated rings. The fourth-order valence-corrected chi connectivity index (χ4v) is 4.20. The summed E-state index contributed by atoms with van der Waals surface area (Å²) in [6.45, 7) is 17.0. The van der Waals surface area contributed by atoms with Crippen LogP contribution in [0.1, 0.15) is 107 Å². The zero-order chi connectivity index (χ0) is 30.8. The first-order valence-corrected chi connectivity index (χ1v) is 14.2. The molecular formula is C30H49F6NO2. The third-order valence-electron chi connectivity index (χ3n) is 6.26. The molecule has 0 N–H and O–H groups in total. The van der Waals surface area contributed by atoms with Crippen LogP contribution >= 0.6 is 0 Å². The largest absolute Gasteiger partial charge is 0.416 e. The number of nitrogens with zero attached hydrogens (tertiary/aromatic N) is 1. The first-order valence-electron chi connectivity index (χ1n) is 14.2. The number of hydrogen-bond acceptors (Lipinski definition) is 2. The Balaban J connectivity index is 0. The van der Waals surface area contributed by atoms with E-state index in [0.717, 1.165) is 63.8 Å². The Labute approximate surface area is 231 Å². The van der Waals surface area contributed by atoms with Crippen molar-refractivity contribution in [3.63, 3.8) is 0 Å². The molecule has 39 heavy (non-hydrogen) atoms. The van der Waals surface area contributed by atoms with Gasteiger partial charge in [0.05, 0.1) is 11.1 Å². The molecule has 228 valence electrons. The van der Waals surface area contributed by atoms with Crippen LogP contribution in [-0.4, -0.2) is 42.0 Å². The molecule has 0 bridgehead atoms. The predicted octanol–water partition coefficient (Wildman–Crippen LogP) is 9.79. The number of carbonyl (C=O) groups excluding carboxylic acids is 2. The lowest BCUT2D eigenvalue weighted by Gasteiger charge is -2.34. The van der Waals surface area contributed by atoms with Gasteiger partial charge >= 0.3 is 12.4 Å². The van der Waals surface area contributed by atoms with E-state index < -0.39 is 23.5 Å². The number of halogens is 6. The van der Waals surface area contributed by atoms with E-state index in [-0.39, 0.29) is 29.8 Å². The van der Waals surface area contributed by atoms with Gasteiger partial charge in [-0.15, -0.1) is 0 Å². The summed E-state index contributed by atoms with van der Waals surface area (Å²) in [5, 5.41) is 0. The molecule has 1 amide bonds. The number of carbonyl (C=O) groups is 2. The lowest BCUT2D eigenvalue weighted by molar-refractivity contribution is -0.137. The van der Waals surface area contributed by atoms with Crippen molar-refractivity contribution in [3.8, 4) is 0 Å². The van der Waals surface area contributed by atoms with Crippen molar-refractivity contribution in [1.82, 2.24) is 4.90 Å². The Hall–Kier alpha value is -2.06. The second kappa shape index (κ2) is 19.9. The number of Topliss-reactive ketones (excluding diaryl/α,β-unsaturated/α-hetero) is 1. The number of allylic oxidation sites excluding steroid dienone is 6. The number of likely N-dealkylation sites (tertiary alicyclic amines) is 1. The Morgan fingerprint density at radius 2 is 1.44 bits per heavy atom. The SMILES string of the molecule is CC.CC.CC1=CC(C(F)(F)F)=CC(C(F)(F)F)=CC1.CCCCC(CC)C(=O)N1CCC(CC(C)=O)CC1. The summed E-state index contributed by atoms with van der Waals surface area (Å²) in [5.74, 6) is 1.33. The second-order valence-corrected chi connectivity index (χ2v) is 9.37. The first-order chi connectivity index (χ1) is 18.2. The molecule has 0 spiro atoms. The van der Waals surface area contributed by atoms with Crippen LogP contribution in [0.25, 0.3) is 0 Å². The Kier molecular flexibility index (Phi) is 20.0. The predicted molar refractivity (Wildman–Crippen MR) is 147 cm³/mol. The average Bonchev–Trinajstić information content (AvgIpc) is 3.09. The number of ketones is 1. The quantitative estimate of drug-likeness (QED) is 0.286. The fourth-order valence-electron chi connectivity index (χ4n) is 4.20. The number of rotatable bonds is 7. The average molecular weight is 570 g/mol. The molecule has 0 aromatic carbocycles. The highest BCUT2D eigenvalue weighted by Gasteiger charge is 2.38. The molecule has 0 saturated carbocycles. The number of amides is 1. The van der Waals surface area contributed by atoms with Crippen LogP contribution < -0.4 is 0 Å². The summed E-state index contributed by atoms with van der Waals surface area (Å²) in [6.07, 6.45) is -1.08. The van der Waals surface area contributed by atoms with E-state index in [4.69, 9.17) is 0 Å². The highest BCUT2D eigenvalue weighted by Crippen LogP contribution is 2.36. The van der Waals surface area contributed by atoms with Gasteiger partial charge in [-0.3, -0.25) is 4.79 Å². The molecule has 1 aliphatic carbocycles. The van der Waals surface area contributed by atoms with Gasteiger partial charge in [-0.1, -0.05) is 72.1 Å². The van der Waals surface area contributed by atoms with Gasteiger partial charge in [-0.25, -0.2) is 0 Å². The maximum atomic E-state index is 12.4. The molecule has 3 nitrogen and oxygen atoms in total. The minimum absolute atomic E-state index is 0.134. The third-order valence-corrected chi connectivity index (χ3v) is 6.26. The summed E-state index contributed by atoms with van der Waals surface area (Å²) < 4.78 is 74.0. The lowest BCUT2D eigenvalue weighted by atomic mass is 9.90. The Morgan fingerprint density at radius 1 is 0.923 bits per heavy atom. The number of alkyl halides is 6. The smallest absolute Gasteiger partial charge is 0.342 e. The molecule has 0 aromatic heterocycles. The molecule has 1 saturated heterocycles. The van der Waals surface area contributed by atoms with Crippen LogP contribution in [0.15, 0.2) is 34.9 Å². The van der Waals surface area contributed by atoms with Crippen molar-refractivity contribution in [2.45, 2.75) is 119 Å². The van der Waals surface area contributed by atoms with E-state index in [2.05, 4.69) is 13.8 Å². The maximum Gasteiger partial charge on any atom is 0.416 e. The molecule has 2 rings (SSSR count). The zero-order valence-corrected chi connectivity index (χ0v) is 25.0. The zero-order valence-electron chi connectivity index (χ0n) is 25.0. The standard InChI is InChI=1S/C16H29NO2.C10H8F6.2C2H6/c1-4-6-7-15(5-2)16(19)17-10-8-14(9-11-17)12-13(3)18;1-6-2-3-7(9(11,12)13)5-8(4-6)10(14,15)16;2*1-2/h14-15H,4-12H2,1-3H3;3-5H,2H2,1H3;2*1-2H3. The van der Waals surface area contributed by atoms with Crippen LogP contribution in [0.5, 0.6) is 0 Å². The summed E-state index contributed by atoms with van der Waals surface area (Å²) in [6, 6.07) is 0. The molecule has 1 aliphatic heterocycles. The number of unbranched alkanes of at least 4 members (excludes halogenated alkanes) is 1. The summed E-state index contributed by atoms with van der Waals surface area (Å²) >= 11 is 0. The van der Waals surface area contributed by atoms with Gasteiger partial charge in [0.15, 0.2) is 0 Å². The van der Waals surface area contributed by atoms with Gasteiger partial charge in [0.25, 0.3) is 0 Å². The minimum atomic E-state index is -4.77. The van der Waals surface area contributed by atoms with Gasteiger partial charge in [0.2, 0.25) is 5.91 Å². The maximum absolute atomic E-state index is 12.4. The third kappa shape index (κ3) is 16.0. The van der Waals surface area contributed by atoms with Crippen molar-refractivity contribution in [3.05, 3.63) is 34.9 Å². The van der Waals surface area contributed by atoms with Crippen molar-refractivity contribution in [1.29, 1.82) is 0 Å². The van der Waals surface area contributed by atoms with Crippen LogP contribution in [0.3, 0.4) is 0 Å². The fraction of sp³-hybridized carbons (Fsp3) is 0.733. The highest BCUT2D eigenvalue weighted by atomic mass is 19.4. The molecule has 1 atom stereocenters. The van der Waals surface area contributed by atoms with Crippen LogP contribution in [0.4, 0.5) is 26.3 Å². The van der Waals surface area contributed by atoms with Crippen molar-refractivity contribution in [2.75, 3.05) is 13.1 Å². The van der Waals surface area contributed by atoms with Crippen molar-refractivity contribution in [2.24, 2.45) is 11.8 Å². The van der Waals surface area contributed by atoms with Gasteiger partial charge in [-0.05, 0) is 57.9 Å². The topological polar surface area (TPSA) is 37.4 Å². The van der Waals surface area contributed by atoms with Gasteiger partial charge < -0.3 is 9.69 Å². The minimum Gasteiger partial charge on any atom is -0.342 e. The summed E-state index contributed by atoms with van der Waals surface area (Å²) in [7, 11) is 0. The molecule has 1 unspecified atom stereocenters.